The van der Waals surface area contributed by atoms with E-state index in [0.717, 1.165) is 18.7 Å². The van der Waals surface area contributed by atoms with Gasteiger partial charge in [0.2, 0.25) is 0 Å². The smallest absolute Gasteiger partial charge is 0.0227 e. The monoisotopic (exact) mass is 236 g/mol. The molecule has 0 N–H and O–H groups in total. The van der Waals surface area contributed by atoms with E-state index >= 15 is 0 Å². The zero-order valence-corrected chi connectivity index (χ0v) is 11.2. The largest absolute Gasteiger partial charge is 0.305 e. The van der Waals surface area contributed by atoms with Gasteiger partial charge in [0.15, 0.2) is 0 Å². The first-order valence-electron chi connectivity index (χ1n) is 5.82. The highest BCUT2D eigenvalue weighted by Gasteiger charge is 1.98. The fourth-order valence-electron chi connectivity index (χ4n) is 1.58. The molecule has 1 aromatic carbocycles. The van der Waals surface area contributed by atoms with Crippen LogP contribution in [0.1, 0.15) is 24.0 Å². The quantitative estimate of drug-likeness (QED) is 0.666. The van der Waals surface area contributed by atoms with Crippen LogP contribution in [0.15, 0.2) is 24.3 Å². The molecule has 1 rings (SSSR count). The summed E-state index contributed by atoms with van der Waals surface area (Å²) < 4.78 is 0. The summed E-state index contributed by atoms with van der Waals surface area (Å²) in [4.78, 5) is 2.20. The van der Waals surface area contributed by atoms with Crippen LogP contribution in [0.3, 0.4) is 0 Å². The number of unbranched alkanes of at least 4 members (excludes halogenated alkanes) is 1. The van der Waals surface area contributed by atoms with Crippen molar-refractivity contribution in [2.75, 3.05) is 19.8 Å². The highest BCUT2D eigenvalue weighted by molar-refractivity contribution is 7.98. The van der Waals surface area contributed by atoms with Crippen molar-refractivity contribution < 1.29 is 0 Å². The van der Waals surface area contributed by atoms with E-state index in [1.165, 1.54) is 23.3 Å². The summed E-state index contributed by atoms with van der Waals surface area (Å²) >= 11 is 2.00. The molecule has 1 aromatic rings. The molecule has 0 saturated heterocycles. The highest BCUT2D eigenvalue weighted by atomic mass is 32.2. The average Bonchev–Trinajstić information content (AvgIpc) is 2.24. The van der Waals surface area contributed by atoms with Crippen molar-refractivity contribution in [1.82, 2.24) is 4.90 Å². The van der Waals surface area contributed by atoms with Crippen molar-refractivity contribution in [1.29, 1.82) is 0 Å². The molecule has 0 atom stereocenters. The number of hydrogen-bond donors (Lipinski definition) is 0. The molecule has 0 saturated carbocycles. The molecule has 0 aliphatic carbocycles. The van der Waals surface area contributed by atoms with Crippen LogP contribution in [0.5, 0.6) is 0 Å². The van der Waals surface area contributed by atoms with Crippen LogP contribution >= 0.6 is 11.8 Å². The fourth-order valence-corrected chi connectivity index (χ4v) is 2.54. The third-order valence-corrected chi connectivity index (χ3v) is 3.41. The van der Waals surface area contributed by atoms with Gasteiger partial charge >= 0.3 is 0 Å². The Labute approximate surface area is 104 Å². The fraction of sp³-hybridized carbons (Fsp3) is 0.500. The van der Waals surface area contributed by atoms with Crippen molar-refractivity contribution in [3.8, 4) is 0 Å². The Morgan fingerprint density at radius 2 is 2.00 bits per heavy atom. The Balaban J connectivity index is 2.41. The molecule has 0 aromatic heterocycles. The van der Waals surface area contributed by atoms with Gasteiger partial charge in [0.1, 0.15) is 0 Å². The zero-order valence-electron chi connectivity index (χ0n) is 10.4. The molecule has 2 heteroatoms. The minimum atomic E-state index is 1.03. The van der Waals surface area contributed by atoms with Gasteiger partial charge in [0.05, 0.1) is 0 Å². The molecular weight excluding hydrogens is 214 g/mol. The second-order valence-corrected chi connectivity index (χ2v) is 5.42. The predicted octanol–water partition coefficient (Wildman–Crippen LogP) is 3.60. The first-order valence-corrected chi connectivity index (χ1v) is 6.97. The Bertz CT molecular complexity index is 297. The molecule has 1 nitrogen and oxygen atoms in total. The molecular formula is C14H22NS. The van der Waals surface area contributed by atoms with Crippen LogP contribution in [0.25, 0.3) is 0 Å². The van der Waals surface area contributed by atoms with Gasteiger partial charge in [-0.1, -0.05) is 37.6 Å². The van der Waals surface area contributed by atoms with Gasteiger partial charge in [-0.25, -0.2) is 0 Å². The predicted molar refractivity (Wildman–Crippen MR) is 74.6 cm³/mol. The summed E-state index contributed by atoms with van der Waals surface area (Å²) in [6, 6.07) is 8.90. The molecule has 0 unspecified atom stereocenters. The van der Waals surface area contributed by atoms with E-state index in [1.54, 1.807) is 0 Å². The Kier molecular flexibility index (Phi) is 6.58. The van der Waals surface area contributed by atoms with E-state index in [9.17, 15) is 0 Å². The minimum absolute atomic E-state index is 1.03. The molecule has 0 bridgehead atoms. The third-order valence-electron chi connectivity index (χ3n) is 2.30. The molecule has 0 amide bonds. The van der Waals surface area contributed by atoms with E-state index in [-0.39, 0.29) is 0 Å². The highest BCUT2D eigenvalue weighted by Crippen LogP contribution is 2.15. The Morgan fingerprint density at radius 1 is 1.25 bits per heavy atom. The maximum atomic E-state index is 3.86. The minimum Gasteiger partial charge on any atom is -0.305 e. The SMILES string of the molecule is [CH2]CCCSCc1cccc(CN(C)C)c1. The Morgan fingerprint density at radius 3 is 2.69 bits per heavy atom. The summed E-state index contributed by atoms with van der Waals surface area (Å²) in [5, 5.41) is 0. The van der Waals surface area contributed by atoms with E-state index < -0.39 is 0 Å². The van der Waals surface area contributed by atoms with Crippen molar-refractivity contribution in [3.63, 3.8) is 0 Å². The van der Waals surface area contributed by atoms with Crippen molar-refractivity contribution in [2.24, 2.45) is 0 Å². The normalized spacial score (nSPS) is 11.0. The standard InChI is InChI=1S/C14H22NS/c1-4-5-9-16-12-14-8-6-7-13(10-14)11-15(2)3/h6-8,10H,1,4-5,9,11-12H2,2-3H3. The van der Waals surface area contributed by atoms with Gasteiger partial charge in [-0.15, -0.1) is 0 Å². The lowest BCUT2D eigenvalue weighted by atomic mass is 10.1. The second-order valence-electron chi connectivity index (χ2n) is 4.32. The van der Waals surface area contributed by atoms with Crippen LogP contribution in [0.4, 0.5) is 0 Å². The summed E-state index contributed by atoms with van der Waals surface area (Å²) in [5.41, 5.74) is 2.84. The van der Waals surface area contributed by atoms with Gasteiger partial charge in [0.25, 0.3) is 0 Å². The van der Waals surface area contributed by atoms with Gasteiger partial charge in [0, 0.05) is 12.3 Å². The number of benzene rings is 1. The first kappa shape index (κ1) is 13.6. The number of rotatable bonds is 7. The van der Waals surface area contributed by atoms with Crippen LogP contribution in [0, 0.1) is 6.92 Å². The molecule has 89 valence electrons. The number of thioether (sulfide) groups is 1. The van der Waals surface area contributed by atoms with Crippen molar-refractivity contribution in [2.45, 2.75) is 25.1 Å². The summed E-state index contributed by atoms with van der Waals surface area (Å²) in [5.74, 6) is 2.35. The lowest BCUT2D eigenvalue weighted by Crippen LogP contribution is -2.10. The topological polar surface area (TPSA) is 3.24 Å². The molecule has 0 aliphatic heterocycles. The van der Waals surface area contributed by atoms with Gasteiger partial charge in [-0.3, -0.25) is 0 Å². The van der Waals surface area contributed by atoms with Gasteiger partial charge in [-0.2, -0.15) is 11.8 Å². The number of hydrogen-bond acceptors (Lipinski definition) is 2. The third kappa shape index (κ3) is 5.57. The van der Waals surface area contributed by atoms with Crippen molar-refractivity contribution in [3.05, 3.63) is 42.3 Å². The Hall–Kier alpha value is -0.470. The molecule has 1 radical (unpaired) electrons. The van der Waals surface area contributed by atoms with Crippen LogP contribution in [0.2, 0.25) is 0 Å². The molecule has 0 spiro atoms. The van der Waals surface area contributed by atoms with Crippen LogP contribution in [-0.4, -0.2) is 24.7 Å². The van der Waals surface area contributed by atoms with Gasteiger partial charge in [-0.05, 0) is 37.4 Å². The lowest BCUT2D eigenvalue weighted by Gasteiger charge is -2.10. The molecule has 0 aliphatic rings. The molecule has 0 heterocycles. The maximum absolute atomic E-state index is 3.86. The maximum Gasteiger partial charge on any atom is 0.0227 e. The van der Waals surface area contributed by atoms with Gasteiger partial charge < -0.3 is 4.90 Å². The average molecular weight is 236 g/mol. The van der Waals surface area contributed by atoms with Crippen molar-refractivity contribution >= 4 is 11.8 Å². The van der Waals surface area contributed by atoms with E-state index in [1.807, 2.05) is 11.8 Å². The van der Waals surface area contributed by atoms with E-state index in [4.69, 9.17) is 0 Å². The van der Waals surface area contributed by atoms with E-state index in [2.05, 4.69) is 50.2 Å². The van der Waals surface area contributed by atoms with E-state index in [0.29, 0.717) is 0 Å². The first-order chi connectivity index (χ1) is 7.72. The summed E-state index contributed by atoms with van der Waals surface area (Å²) in [6.45, 7) is 4.88. The second kappa shape index (κ2) is 7.75. The summed E-state index contributed by atoms with van der Waals surface area (Å²) in [7, 11) is 4.21. The van der Waals surface area contributed by atoms with Crippen LogP contribution in [-0.2, 0) is 12.3 Å². The summed E-state index contributed by atoms with van der Waals surface area (Å²) in [6.07, 6.45) is 2.27. The lowest BCUT2D eigenvalue weighted by molar-refractivity contribution is 0.402. The number of nitrogens with zero attached hydrogens (tertiary/aromatic N) is 1. The zero-order chi connectivity index (χ0) is 11.8. The molecule has 16 heavy (non-hydrogen) atoms. The molecule has 0 fully saturated rings. The van der Waals surface area contributed by atoms with Crippen LogP contribution < -0.4 is 0 Å².